The lowest BCUT2D eigenvalue weighted by molar-refractivity contribution is 0.0972. The maximum atomic E-state index is 12.1. The lowest BCUT2D eigenvalue weighted by Gasteiger charge is -2.07. The number of amides is 1. The molecule has 0 aliphatic carbocycles. The zero-order valence-electron chi connectivity index (χ0n) is 14.4. The van der Waals surface area contributed by atoms with Gasteiger partial charge in [-0.15, -0.1) is 0 Å². The largest absolute Gasteiger partial charge is 0.382 e. The van der Waals surface area contributed by atoms with E-state index in [0.717, 1.165) is 18.2 Å². The smallest absolute Gasteiger partial charge is 0.280 e. The molecule has 0 saturated carbocycles. The Morgan fingerprint density at radius 2 is 1.92 bits per heavy atom. The van der Waals surface area contributed by atoms with Crippen LogP contribution < -0.4 is 28.0 Å². The molecule has 135 valence electrons. The molecule has 7 N–H and O–H groups in total. The van der Waals surface area contributed by atoms with Gasteiger partial charge in [0, 0.05) is 6.54 Å². The number of nitrogens with one attached hydrogen (secondary N) is 1. The van der Waals surface area contributed by atoms with Crippen LogP contribution in [0, 0.1) is 6.92 Å². The molecule has 1 aromatic heterocycles. The Hall–Kier alpha value is -2.81. The Kier molecular flexibility index (Phi) is 6.79. The van der Waals surface area contributed by atoms with Crippen LogP contribution in [-0.2, 0) is 0 Å². The molecule has 26 heavy (non-hydrogen) atoms. The molecule has 0 atom stereocenters. The predicted molar refractivity (Wildman–Crippen MR) is 106 cm³/mol. The van der Waals surface area contributed by atoms with Crippen molar-refractivity contribution in [3.05, 3.63) is 40.7 Å². The van der Waals surface area contributed by atoms with Crippen LogP contribution in [-0.4, -0.2) is 35.7 Å². The van der Waals surface area contributed by atoms with Gasteiger partial charge >= 0.3 is 0 Å². The number of aromatic nitrogens is 2. The van der Waals surface area contributed by atoms with E-state index >= 15 is 0 Å². The van der Waals surface area contributed by atoms with Crippen molar-refractivity contribution < 1.29 is 4.79 Å². The van der Waals surface area contributed by atoms with Gasteiger partial charge in [0.25, 0.3) is 5.91 Å². The van der Waals surface area contributed by atoms with Crippen molar-refractivity contribution in [2.24, 2.45) is 10.7 Å². The first-order chi connectivity index (χ1) is 12.4. The minimum absolute atomic E-state index is 0.0283. The van der Waals surface area contributed by atoms with E-state index in [1.54, 1.807) is 0 Å². The minimum Gasteiger partial charge on any atom is -0.382 e. The number of guanidine groups is 1. The summed E-state index contributed by atoms with van der Waals surface area (Å²) < 4.78 is 0. The fourth-order valence-electron chi connectivity index (χ4n) is 2.09. The zero-order chi connectivity index (χ0) is 19.1. The van der Waals surface area contributed by atoms with E-state index in [1.165, 1.54) is 5.56 Å². The minimum atomic E-state index is -0.649. The maximum Gasteiger partial charge on any atom is 0.280 e. The summed E-state index contributed by atoms with van der Waals surface area (Å²) in [6.07, 6.45) is 1.64. The molecule has 0 aliphatic heterocycles. The Labute approximate surface area is 157 Å². The molecular formula is C16H20BClN7O. The van der Waals surface area contributed by atoms with Crippen LogP contribution >= 0.6 is 11.6 Å². The molecule has 0 fully saturated rings. The van der Waals surface area contributed by atoms with Crippen molar-refractivity contribution in [2.45, 2.75) is 19.7 Å². The van der Waals surface area contributed by atoms with Gasteiger partial charge in [0.1, 0.15) is 0 Å². The van der Waals surface area contributed by atoms with Gasteiger partial charge < -0.3 is 17.2 Å². The van der Waals surface area contributed by atoms with Gasteiger partial charge in [-0.3, -0.25) is 15.1 Å². The van der Waals surface area contributed by atoms with Crippen molar-refractivity contribution in [3.63, 3.8) is 0 Å². The summed E-state index contributed by atoms with van der Waals surface area (Å²) in [4.78, 5) is 23.7. The molecule has 8 nitrogen and oxygen atoms in total. The number of rotatable bonds is 6. The first-order valence-corrected chi connectivity index (χ1v) is 8.34. The molecule has 0 bridgehead atoms. The van der Waals surface area contributed by atoms with Crippen LogP contribution in [0.3, 0.4) is 0 Å². The molecular weight excluding hydrogens is 352 g/mol. The number of anilines is 2. The molecule has 2 rings (SSSR count). The van der Waals surface area contributed by atoms with Crippen molar-refractivity contribution in [3.8, 4) is 0 Å². The van der Waals surface area contributed by atoms with Gasteiger partial charge in [-0.05, 0) is 13.3 Å². The lowest BCUT2D eigenvalue weighted by Crippen LogP contribution is -2.38. The molecule has 2 aromatic rings. The van der Waals surface area contributed by atoms with Crippen LogP contribution in [0.25, 0.3) is 0 Å². The molecule has 1 amide bonds. The number of aryl methyl sites for hydroxylation is 1. The van der Waals surface area contributed by atoms with Gasteiger partial charge in [-0.1, -0.05) is 53.2 Å². The second kappa shape index (κ2) is 9.05. The summed E-state index contributed by atoms with van der Waals surface area (Å²) in [5.74, 6) is -0.860. The van der Waals surface area contributed by atoms with Crippen LogP contribution in [0.2, 0.25) is 11.5 Å². The third-order valence-corrected chi connectivity index (χ3v) is 3.74. The summed E-state index contributed by atoms with van der Waals surface area (Å²) in [7, 11) is 2.12. The maximum absolute atomic E-state index is 12.1. The third-order valence-electron chi connectivity index (χ3n) is 3.46. The van der Waals surface area contributed by atoms with Crippen LogP contribution in [0.1, 0.15) is 22.5 Å². The number of hydrogen-bond acceptors (Lipinski definition) is 6. The van der Waals surface area contributed by atoms with Gasteiger partial charge in [0.15, 0.2) is 35.7 Å². The number of halogens is 1. The molecule has 1 aromatic carbocycles. The third kappa shape index (κ3) is 5.63. The number of carbonyl (C=O) groups excluding carboxylic acids is 1. The number of benzene rings is 1. The molecule has 0 spiro atoms. The van der Waals surface area contributed by atoms with Gasteiger partial charge in [-0.2, -0.15) is 0 Å². The van der Waals surface area contributed by atoms with Crippen LogP contribution in [0.15, 0.2) is 29.3 Å². The highest BCUT2D eigenvalue weighted by atomic mass is 35.5. The highest BCUT2D eigenvalue weighted by molar-refractivity contribution is 6.53. The van der Waals surface area contributed by atoms with Crippen molar-refractivity contribution in [2.75, 3.05) is 18.0 Å². The van der Waals surface area contributed by atoms with Gasteiger partial charge in [0.2, 0.25) is 0 Å². The molecule has 1 heterocycles. The van der Waals surface area contributed by atoms with E-state index in [4.69, 9.17) is 28.8 Å². The average Bonchev–Trinajstić information content (AvgIpc) is 2.59. The molecule has 1 radical (unpaired) electrons. The topological polar surface area (TPSA) is 145 Å². The zero-order valence-corrected chi connectivity index (χ0v) is 15.1. The highest BCUT2D eigenvalue weighted by Gasteiger charge is 2.16. The first-order valence-electron chi connectivity index (χ1n) is 7.96. The van der Waals surface area contributed by atoms with Gasteiger partial charge in [-0.25, -0.2) is 9.97 Å². The number of aliphatic imine (C=N–C) groups is 1. The Morgan fingerprint density at radius 3 is 2.62 bits per heavy atom. The van der Waals surface area contributed by atoms with Crippen LogP contribution in [0.4, 0.5) is 11.6 Å². The van der Waals surface area contributed by atoms with E-state index in [2.05, 4.69) is 51.8 Å². The molecule has 0 saturated heterocycles. The highest BCUT2D eigenvalue weighted by Crippen LogP contribution is 2.17. The number of hydrogen-bond donors (Lipinski definition) is 4. The summed E-state index contributed by atoms with van der Waals surface area (Å²) in [5, 5.41) is 2.29. The summed E-state index contributed by atoms with van der Waals surface area (Å²) >= 11 is 5.74. The predicted octanol–water partition coefficient (Wildman–Crippen LogP) is 0.485. The fourth-order valence-corrected chi connectivity index (χ4v) is 2.21. The summed E-state index contributed by atoms with van der Waals surface area (Å²) in [6, 6.07) is 8.26. The van der Waals surface area contributed by atoms with E-state index < -0.39 is 5.91 Å². The molecule has 0 aliphatic rings. The van der Waals surface area contributed by atoms with Crippen LogP contribution in [0.5, 0.6) is 0 Å². The Morgan fingerprint density at radius 1 is 1.23 bits per heavy atom. The SMILES string of the molecule is Cc1ccc([B]CCCN=C(N)NC(=O)c2nc(Cl)c(N)nc2N)cc1. The van der Waals surface area contributed by atoms with Crippen molar-refractivity contribution in [1.82, 2.24) is 15.3 Å². The fraction of sp³-hybridized carbons (Fsp3) is 0.250. The average molecular weight is 373 g/mol. The number of nitrogens with zero attached hydrogens (tertiary/aromatic N) is 3. The summed E-state index contributed by atoms with van der Waals surface area (Å²) in [6.45, 7) is 2.52. The van der Waals surface area contributed by atoms with E-state index in [-0.39, 0.29) is 28.4 Å². The lowest BCUT2D eigenvalue weighted by atomic mass is 9.66. The Balaban J connectivity index is 1.79. The second-order valence-electron chi connectivity index (χ2n) is 5.61. The first kappa shape index (κ1) is 19.5. The second-order valence-corrected chi connectivity index (χ2v) is 5.97. The summed E-state index contributed by atoms with van der Waals surface area (Å²) in [5.41, 5.74) is 19.0. The number of carbonyl (C=O) groups is 1. The standard InChI is InChI=1S/C16H20BClN7O/c1-9-3-5-10(6-4-9)17-7-2-8-22-16(21)25-15(26)11-13(19)24-14(20)12(18)23-11/h3-6H,2,7-8H2,1H3,(H4,19,20,24)(H3,21,22,25,26). The number of nitrogens with two attached hydrogens (primary N) is 3. The molecule has 10 heteroatoms. The van der Waals surface area contributed by atoms with Crippen molar-refractivity contribution >= 4 is 47.8 Å². The number of nitrogen functional groups attached to an aromatic ring is 2. The van der Waals surface area contributed by atoms with E-state index in [0.29, 0.717) is 6.54 Å². The Bertz CT molecular complexity index is 811. The van der Waals surface area contributed by atoms with Gasteiger partial charge in [0.05, 0.1) is 0 Å². The molecule has 0 unspecified atom stereocenters. The van der Waals surface area contributed by atoms with Crippen molar-refractivity contribution in [1.29, 1.82) is 0 Å². The van der Waals surface area contributed by atoms with E-state index in [9.17, 15) is 4.79 Å². The monoisotopic (exact) mass is 372 g/mol. The van der Waals surface area contributed by atoms with E-state index in [1.807, 2.05) is 6.92 Å². The quantitative estimate of drug-likeness (QED) is 0.251. The normalized spacial score (nSPS) is 11.2.